The summed E-state index contributed by atoms with van der Waals surface area (Å²) in [6, 6.07) is 5.68. The number of benzene rings is 1. The zero-order valence-electron chi connectivity index (χ0n) is 17.2. The average Bonchev–Trinajstić information content (AvgIpc) is 3.03. The molecule has 2 N–H and O–H groups in total. The number of nitrogens with zero attached hydrogens (tertiary/aromatic N) is 3. The first kappa shape index (κ1) is 21.0. The van der Waals surface area contributed by atoms with Crippen LogP contribution in [0.3, 0.4) is 0 Å². The van der Waals surface area contributed by atoms with E-state index in [2.05, 4.69) is 17.0 Å². The summed E-state index contributed by atoms with van der Waals surface area (Å²) in [4.78, 5) is 20.4. The molecular formula is C21H28N4O4. The molecule has 1 aromatic carbocycles. The van der Waals surface area contributed by atoms with Gasteiger partial charge in [-0.1, -0.05) is 26.3 Å². The van der Waals surface area contributed by atoms with E-state index in [9.17, 15) is 4.79 Å². The fourth-order valence-corrected chi connectivity index (χ4v) is 3.22. The number of fused-ring (bicyclic) bond motifs is 1. The van der Waals surface area contributed by atoms with Crippen molar-refractivity contribution in [2.45, 2.75) is 39.7 Å². The van der Waals surface area contributed by atoms with Crippen LogP contribution in [0.2, 0.25) is 0 Å². The Balaban J connectivity index is 2.11. The van der Waals surface area contributed by atoms with Crippen LogP contribution in [0, 0.1) is 0 Å². The van der Waals surface area contributed by atoms with Crippen molar-refractivity contribution in [3.8, 4) is 17.1 Å². The molecule has 0 bridgehead atoms. The molecule has 0 unspecified atom stereocenters. The van der Waals surface area contributed by atoms with Gasteiger partial charge in [-0.2, -0.15) is 5.10 Å². The number of nitrogens with one attached hydrogen (secondary N) is 1. The third-order valence-corrected chi connectivity index (χ3v) is 4.51. The summed E-state index contributed by atoms with van der Waals surface area (Å²) in [6.45, 7) is 5.25. The lowest BCUT2D eigenvalue weighted by atomic mass is 10.1. The molecule has 0 fully saturated rings. The zero-order chi connectivity index (χ0) is 20.8. The molecule has 0 radical (unpaired) electrons. The Bertz CT molecular complexity index is 1030. The number of aromatic nitrogens is 4. The minimum Gasteiger partial charge on any atom is -0.493 e. The van der Waals surface area contributed by atoms with Crippen LogP contribution in [0.15, 0.2) is 23.0 Å². The average molecular weight is 400 g/mol. The Labute approximate surface area is 169 Å². The lowest BCUT2D eigenvalue weighted by molar-refractivity contribution is 0.0815. The van der Waals surface area contributed by atoms with E-state index in [1.54, 1.807) is 11.7 Å². The maximum atomic E-state index is 12.8. The van der Waals surface area contributed by atoms with E-state index in [1.165, 1.54) is 0 Å². The number of aryl methyl sites for hydroxylation is 2. The van der Waals surface area contributed by atoms with Gasteiger partial charge in [0.25, 0.3) is 5.56 Å². The van der Waals surface area contributed by atoms with Crippen molar-refractivity contribution >= 4 is 11.0 Å². The summed E-state index contributed by atoms with van der Waals surface area (Å²) in [5.41, 5.74) is 3.28. The summed E-state index contributed by atoms with van der Waals surface area (Å²) < 4.78 is 12.9. The molecule has 8 nitrogen and oxygen atoms in total. The number of ether oxygens (including phenoxy) is 2. The van der Waals surface area contributed by atoms with Gasteiger partial charge < -0.3 is 19.6 Å². The molecule has 0 spiro atoms. The Kier molecular flexibility index (Phi) is 7.00. The van der Waals surface area contributed by atoms with Crippen LogP contribution in [0.5, 0.6) is 5.75 Å². The van der Waals surface area contributed by atoms with Crippen molar-refractivity contribution < 1.29 is 14.6 Å². The number of hydrogen-bond donors (Lipinski definition) is 2. The van der Waals surface area contributed by atoms with Crippen molar-refractivity contribution in [2.75, 3.05) is 19.8 Å². The molecule has 0 atom stereocenters. The van der Waals surface area contributed by atoms with Crippen LogP contribution in [-0.4, -0.2) is 44.7 Å². The van der Waals surface area contributed by atoms with Crippen molar-refractivity contribution in [3.05, 3.63) is 39.8 Å². The predicted molar refractivity (Wildman–Crippen MR) is 111 cm³/mol. The smallest absolute Gasteiger partial charge is 0.277 e. The largest absolute Gasteiger partial charge is 0.493 e. The maximum Gasteiger partial charge on any atom is 0.277 e. The van der Waals surface area contributed by atoms with Crippen molar-refractivity contribution in [1.82, 2.24) is 19.7 Å². The van der Waals surface area contributed by atoms with E-state index < -0.39 is 0 Å². The van der Waals surface area contributed by atoms with Crippen LogP contribution in [-0.2, 0) is 24.8 Å². The van der Waals surface area contributed by atoms with Gasteiger partial charge in [0.15, 0.2) is 5.52 Å². The number of hydrogen-bond acceptors (Lipinski definition) is 6. The highest BCUT2D eigenvalue weighted by molar-refractivity contribution is 5.79. The van der Waals surface area contributed by atoms with Gasteiger partial charge in [-0.25, -0.2) is 4.98 Å². The highest BCUT2D eigenvalue weighted by Crippen LogP contribution is 2.30. The van der Waals surface area contributed by atoms with Gasteiger partial charge in [-0.05, 0) is 30.5 Å². The molecule has 2 aromatic heterocycles. The van der Waals surface area contributed by atoms with Crippen molar-refractivity contribution in [3.63, 3.8) is 0 Å². The summed E-state index contributed by atoms with van der Waals surface area (Å²) in [6.07, 6.45) is 2.53. The van der Waals surface area contributed by atoms with Crippen LogP contribution >= 0.6 is 0 Å². The van der Waals surface area contributed by atoms with Gasteiger partial charge in [0, 0.05) is 7.05 Å². The molecule has 3 rings (SSSR count). The first-order valence-corrected chi connectivity index (χ1v) is 9.99. The molecule has 8 heteroatoms. The Hall–Kier alpha value is -2.71. The summed E-state index contributed by atoms with van der Waals surface area (Å²) >= 11 is 0. The molecule has 29 heavy (non-hydrogen) atoms. The van der Waals surface area contributed by atoms with Gasteiger partial charge in [0.1, 0.15) is 17.1 Å². The normalized spacial score (nSPS) is 11.3. The minimum atomic E-state index is -0.231. The van der Waals surface area contributed by atoms with Gasteiger partial charge in [-0.15, -0.1) is 0 Å². The summed E-state index contributed by atoms with van der Waals surface area (Å²) in [7, 11) is 1.76. The number of H-pyrrole nitrogens is 1. The fraction of sp³-hybridized carbons (Fsp3) is 0.476. The number of aliphatic hydroxyl groups excluding tert-OH is 1. The van der Waals surface area contributed by atoms with E-state index in [1.807, 2.05) is 25.1 Å². The second-order valence-corrected chi connectivity index (χ2v) is 6.89. The number of aliphatic hydroxyl groups is 1. The van der Waals surface area contributed by atoms with Crippen LogP contribution < -0.4 is 10.3 Å². The topological polar surface area (TPSA) is 102 Å². The van der Waals surface area contributed by atoms with Gasteiger partial charge in [0.05, 0.1) is 37.7 Å². The lowest BCUT2D eigenvalue weighted by Gasteiger charge is -2.13. The molecule has 0 saturated carbocycles. The third kappa shape index (κ3) is 4.65. The first-order chi connectivity index (χ1) is 14.1. The van der Waals surface area contributed by atoms with Crippen molar-refractivity contribution in [2.24, 2.45) is 7.05 Å². The molecule has 0 aliphatic carbocycles. The molecular weight excluding hydrogens is 372 g/mol. The highest BCUT2D eigenvalue weighted by atomic mass is 16.5. The lowest BCUT2D eigenvalue weighted by Crippen LogP contribution is -2.13. The quantitative estimate of drug-likeness (QED) is 0.507. The Morgan fingerprint density at radius 3 is 2.76 bits per heavy atom. The Morgan fingerprint density at radius 2 is 2.03 bits per heavy atom. The van der Waals surface area contributed by atoms with Crippen LogP contribution in [0.25, 0.3) is 22.4 Å². The molecule has 3 aromatic rings. The first-order valence-electron chi connectivity index (χ1n) is 9.99. The fourth-order valence-electron chi connectivity index (χ4n) is 3.22. The number of rotatable bonds is 10. The second kappa shape index (κ2) is 9.67. The van der Waals surface area contributed by atoms with Gasteiger partial charge in [0.2, 0.25) is 0 Å². The monoisotopic (exact) mass is 400 g/mol. The van der Waals surface area contributed by atoms with Crippen LogP contribution in [0.1, 0.15) is 37.9 Å². The summed E-state index contributed by atoms with van der Waals surface area (Å²) in [5, 5.41) is 13.4. The Morgan fingerprint density at radius 1 is 1.21 bits per heavy atom. The molecule has 0 aliphatic heterocycles. The van der Waals surface area contributed by atoms with E-state index in [4.69, 9.17) is 19.6 Å². The zero-order valence-corrected chi connectivity index (χ0v) is 17.2. The minimum absolute atomic E-state index is 0.0304. The van der Waals surface area contributed by atoms with Gasteiger partial charge in [-0.3, -0.25) is 9.48 Å². The standard InChI is InChI=1S/C21H28N4O4/c1-4-6-16-18-19(25(3)24-16)21(27)23-20(22-18)15-12-14(13-28-11-9-26)7-8-17(15)29-10-5-2/h7-8,12,26H,4-6,9-11,13H2,1-3H3,(H,22,23,27). The highest BCUT2D eigenvalue weighted by Gasteiger charge is 2.17. The van der Waals surface area contributed by atoms with Crippen molar-refractivity contribution in [1.29, 1.82) is 0 Å². The van der Waals surface area contributed by atoms with E-state index in [0.29, 0.717) is 41.4 Å². The molecule has 156 valence electrons. The molecule has 0 saturated heterocycles. The van der Waals surface area contributed by atoms with E-state index in [-0.39, 0.29) is 18.8 Å². The van der Waals surface area contributed by atoms with E-state index >= 15 is 0 Å². The third-order valence-electron chi connectivity index (χ3n) is 4.51. The van der Waals surface area contributed by atoms with E-state index in [0.717, 1.165) is 30.5 Å². The summed E-state index contributed by atoms with van der Waals surface area (Å²) in [5.74, 6) is 1.10. The SMILES string of the molecule is CCCOc1ccc(COCCO)cc1-c1nc2c(CCC)nn(C)c2c(=O)[nH]1. The van der Waals surface area contributed by atoms with Gasteiger partial charge >= 0.3 is 0 Å². The second-order valence-electron chi connectivity index (χ2n) is 6.89. The molecule has 0 amide bonds. The maximum absolute atomic E-state index is 12.8. The number of aromatic amines is 1. The molecule has 2 heterocycles. The predicted octanol–water partition coefficient (Wildman–Crippen LogP) is 2.57. The molecule has 0 aliphatic rings. The van der Waals surface area contributed by atoms with Crippen LogP contribution in [0.4, 0.5) is 0 Å².